The number of likely N-dealkylation sites (N-methyl/N-ethyl adjacent to an activating group) is 1. The van der Waals surface area contributed by atoms with E-state index in [9.17, 15) is 19.4 Å². The van der Waals surface area contributed by atoms with E-state index in [1.165, 1.54) is 135 Å². The Morgan fingerprint density at radius 1 is 0.507 bits per heavy atom. The predicted molar refractivity (Wildman–Crippen MR) is 299 cm³/mol. The summed E-state index contributed by atoms with van der Waals surface area (Å²) < 4.78 is 23.5. The maximum atomic E-state index is 12.8. The molecule has 0 bridgehead atoms. The molecular formula is C60H110N2O6P+. The zero-order chi connectivity index (χ0) is 50.6. The molecule has 0 aliphatic heterocycles. The highest BCUT2D eigenvalue weighted by atomic mass is 31.2. The summed E-state index contributed by atoms with van der Waals surface area (Å²) in [6.45, 7) is 4.62. The van der Waals surface area contributed by atoms with Gasteiger partial charge in [0.2, 0.25) is 5.91 Å². The lowest BCUT2D eigenvalue weighted by atomic mass is 10.0. The Morgan fingerprint density at radius 2 is 0.870 bits per heavy atom. The molecule has 0 aromatic carbocycles. The molecule has 0 saturated heterocycles. The number of amides is 1. The first-order chi connectivity index (χ1) is 33.5. The van der Waals surface area contributed by atoms with Crippen molar-refractivity contribution in [3.05, 3.63) is 85.1 Å². The number of phosphoric acid groups is 1. The van der Waals surface area contributed by atoms with Gasteiger partial charge in [-0.25, -0.2) is 4.57 Å². The van der Waals surface area contributed by atoms with Gasteiger partial charge >= 0.3 is 7.82 Å². The van der Waals surface area contributed by atoms with Crippen LogP contribution in [0.4, 0.5) is 0 Å². The Bertz CT molecular complexity index is 1400. The molecule has 69 heavy (non-hydrogen) atoms. The third-order valence-corrected chi connectivity index (χ3v) is 13.4. The first kappa shape index (κ1) is 66.7. The van der Waals surface area contributed by atoms with Gasteiger partial charge in [0.15, 0.2) is 0 Å². The molecule has 0 spiro atoms. The lowest BCUT2D eigenvalue weighted by Crippen LogP contribution is -2.45. The van der Waals surface area contributed by atoms with Gasteiger partial charge in [0.1, 0.15) is 13.2 Å². The second kappa shape index (κ2) is 50.6. The summed E-state index contributed by atoms with van der Waals surface area (Å²) in [6, 6.07) is -0.843. The molecule has 0 heterocycles. The fraction of sp³-hybridized carbons (Fsp3) is 0.750. The van der Waals surface area contributed by atoms with Crippen molar-refractivity contribution in [1.82, 2.24) is 5.32 Å². The Hall–Kier alpha value is -2.32. The highest BCUT2D eigenvalue weighted by Gasteiger charge is 2.27. The topological polar surface area (TPSA) is 105 Å². The van der Waals surface area contributed by atoms with Crippen molar-refractivity contribution in [2.24, 2.45) is 0 Å². The number of nitrogens with one attached hydrogen (secondary N) is 1. The first-order valence-electron chi connectivity index (χ1n) is 28.5. The number of phosphoric ester groups is 1. The number of aliphatic hydroxyl groups is 1. The molecule has 0 saturated carbocycles. The normalized spacial score (nSPS) is 14.6. The largest absolute Gasteiger partial charge is 0.472 e. The fourth-order valence-electron chi connectivity index (χ4n) is 7.93. The quantitative estimate of drug-likeness (QED) is 0.0243. The first-order valence-corrected chi connectivity index (χ1v) is 30.0. The zero-order valence-electron chi connectivity index (χ0n) is 45.5. The molecule has 1 amide bonds. The number of hydrogen-bond acceptors (Lipinski definition) is 5. The predicted octanol–water partition coefficient (Wildman–Crippen LogP) is 17.3. The Kier molecular flexibility index (Phi) is 48.9. The second-order valence-electron chi connectivity index (χ2n) is 20.3. The van der Waals surface area contributed by atoms with Crippen LogP contribution in [0, 0.1) is 0 Å². The van der Waals surface area contributed by atoms with Crippen LogP contribution in [0.5, 0.6) is 0 Å². The lowest BCUT2D eigenvalue weighted by molar-refractivity contribution is -0.870. The van der Waals surface area contributed by atoms with Crippen LogP contribution in [0.15, 0.2) is 85.1 Å². The summed E-state index contributed by atoms with van der Waals surface area (Å²) in [5.74, 6) is -0.182. The van der Waals surface area contributed by atoms with Gasteiger partial charge < -0.3 is 19.8 Å². The Labute approximate surface area is 426 Å². The number of carbonyl (C=O) groups is 1. The number of rotatable bonds is 51. The smallest absolute Gasteiger partial charge is 0.387 e. The van der Waals surface area contributed by atoms with Gasteiger partial charge in [-0.15, -0.1) is 0 Å². The summed E-state index contributed by atoms with van der Waals surface area (Å²) in [6.07, 6.45) is 71.8. The minimum absolute atomic E-state index is 0.0601. The summed E-state index contributed by atoms with van der Waals surface area (Å²) in [5, 5.41) is 13.7. The average molecular weight is 987 g/mol. The van der Waals surface area contributed by atoms with Crippen LogP contribution >= 0.6 is 7.82 Å². The van der Waals surface area contributed by atoms with E-state index in [-0.39, 0.29) is 19.1 Å². The number of allylic oxidation sites excluding steroid dienone is 13. The van der Waals surface area contributed by atoms with Crippen LogP contribution < -0.4 is 5.32 Å². The molecule has 0 fully saturated rings. The van der Waals surface area contributed by atoms with Gasteiger partial charge in [-0.2, -0.15) is 0 Å². The molecule has 3 atom stereocenters. The molecule has 0 radical (unpaired) electrons. The van der Waals surface area contributed by atoms with Gasteiger partial charge in [0.05, 0.1) is 39.9 Å². The summed E-state index contributed by atoms with van der Waals surface area (Å²) in [7, 11) is 1.57. The van der Waals surface area contributed by atoms with Crippen LogP contribution in [0.25, 0.3) is 0 Å². The Morgan fingerprint density at radius 3 is 1.28 bits per heavy atom. The van der Waals surface area contributed by atoms with Crippen LogP contribution in [-0.4, -0.2) is 73.4 Å². The van der Waals surface area contributed by atoms with Crippen molar-refractivity contribution in [3.8, 4) is 0 Å². The number of hydrogen-bond donors (Lipinski definition) is 3. The monoisotopic (exact) mass is 986 g/mol. The van der Waals surface area contributed by atoms with E-state index in [1.54, 1.807) is 6.08 Å². The molecule has 0 aromatic rings. The molecule has 400 valence electrons. The van der Waals surface area contributed by atoms with Crippen LogP contribution in [-0.2, 0) is 18.4 Å². The SMILES string of the molecule is CC/C=C\C/C=C\C/C=C\C/C=C\C/C=C\C/C=C\CCCCCCCCCCCCCCCCCCCCCCCCC(=O)NC(COP(=O)(O)OCC[N+](C)(C)C)C(O)/C=C/CCCCCC. The van der Waals surface area contributed by atoms with Gasteiger partial charge in [-0.1, -0.05) is 247 Å². The van der Waals surface area contributed by atoms with Gasteiger partial charge in [-0.05, 0) is 70.6 Å². The Balaban J connectivity index is 3.75. The maximum absolute atomic E-state index is 12.8. The van der Waals surface area contributed by atoms with Crippen LogP contribution in [0.1, 0.15) is 239 Å². The molecule has 0 rings (SSSR count). The third-order valence-electron chi connectivity index (χ3n) is 12.4. The molecule has 9 heteroatoms. The van der Waals surface area contributed by atoms with Crippen molar-refractivity contribution in [3.63, 3.8) is 0 Å². The summed E-state index contributed by atoms with van der Waals surface area (Å²) in [5.41, 5.74) is 0. The standard InChI is InChI=1S/C60H109N2O6P/c1-6-8-10-12-14-15-16-17-18-19-20-21-22-23-24-25-26-27-28-29-30-31-32-33-34-35-36-37-38-39-40-41-42-43-44-45-46-47-48-50-52-54-60(64)61-58(59(63)53-51-49-13-11-9-7-2)57-68-69(65,66)67-56-55-62(3,4)5/h8,10,14-15,17-18,20-21,23-24,26-27,51,53,58-59,63H,6-7,9,11-13,16,19,22,25,28-50,52,54-57H2,1-5H3,(H-,61,64,65,66)/p+1/b10-8-,15-14-,18-17-,21-20-,24-23-,27-26-,53-51+. The molecule has 8 nitrogen and oxygen atoms in total. The maximum Gasteiger partial charge on any atom is 0.472 e. The van der Waals surface area contributed by atoms with Crippen molar-refractivity contribution < 1.29 is 32.9 Å². The highest BCUT2D eigenvalue weighted by molar-refractivity contribution is 7.47. The fourth-order valence-corrected chi connectivity index (χ4v) is 8.66. The van der Waals surface area contributed by atoms with Crippen molar-refractivity contribution in [2.75, 3.05) is 40.9 Å². The van der Waals surface area contributed by atoms with Crippen molar-refractivity contribution in [1.29, 1.82) is 0 Å². The summed E-state index contributed by atoms with van der Waals surface area (Å²) in [4.78, 5) is 23.0. The molecule has 0 aliphatic rings. The minimum atomic E-state index is -4.33. The summed E-state index contributed by atoms with van der Waals surface area (Å²) >= 11 is 0. The molecule has 3 unspecified atom stereocenters. The third kappa shape index (κ3) is 53.3. The van der Waals surface area contributed by atoms with E-state index < -0.39 is 20.0 Å². The molecule has 0 aliphatic carbocycles. The lowest BCUT2D eigenvalue weighted by Gasteiger charge is -2.25. The van der Waals surface area contributed by atoms with E-state index in [0.717, 1.165) is 83.5 Å². The molecule has 3 N–H and O–H groups in total. The van der Waals surface area contributed by atoms with Gasteiger partial charge in [0.25, 0.3) is 0 Å². The average Bonchev–Trinajstić information content (AvgIpc) is 3.31. The van der Waals surface area contributed by atoms with Crippen molar-refractivity contribution in [2.45, 2.75) is 251 Å². The number of unbranched alkanes of at least 4 members (excludes halogenated alkanes) is 26. The zero-order valence-corrected chi connectivity index (χ0v) is 46.4. The van der Waals surface area contributed by atoms with Crippen molar-refractivity contribution >= 4 is 13.7 Å². The van der Waals surface area contributed by atoms with E-state index in [1.807, 2.05) is 27.2 Å². The highest BCUT2D eigenvalue weighted by Crippen LogP contribution is 2.43. The van der Waals surface area contributed by atoms with Gasteiger partial charge in [0, 0.05) is 6.42 Å². The van der Waals surface area contributed by atoms with E-state index in [4.69, 9.17) is 9.05 Å². The van der Waals surface area contributed by atoms with E-state index in [2.05, 4.69) is 92.1 Å². The number of aliphatic hydroxyl groups excluding tert-OH is 1. The van der Waals surface area contributed by atoms with Crippen LogP contribution in [0.3, 0.4) is 0 Å². The van der Waals surface area contributed by atoms with Gasteiger partial charge in [-0.3, -0.25) is 13.8 Å². The number of quaternary nitrogens is 1. The number of nitrogens with zero attached hydrogens (tertiary/aromatic N) is 1. The minimum Gasteiger partial charge on any atom is -0.387 e. The second-order valence-corrected chi connectivity index (χ2v) is 21.7. The van der Waals surface area contributed by atoms with E-state index in [0.29, 0.717) is 17.4 Å². The molecular weight excluding hydrogens is 876 g/mol. The van der Waals surface area contributed by atoms with Crippen LogP contribution in [0.2, 0.25) is 0 Å². The number of carbonyl (C=O) groups excluding carboxylic acids is 1. The molecule has 0 aromatic heterocycles. The van der Waals surface area contributed by atoms with E-state index >= 15 is 0 Å².